The van der Waals surface area contributed by atoms with Gasteiger partial charge in [-0.25, -0.2) is 4.39 Å². The molecule has 0 radical (unpaired) electrons. The van der Waals surface area contributed by atoms with Crippen LogP contribution in [0, 0.1) is 12.7 Å². The van der Waals surface area contributed by atoms with Crippen molar-refractivity contribution in [2.45, 2.75) is 25.8 Å². The average Bonchev–Trinajstić information content (AvgIpc) is 2.87. The number of thiophene rings is 1. The summed E-state index contributed by atoms with van der Waals surface area (Å²) in [4.78, 5) is 1.32. The van der Waals surface area contributed by atoms with E-state index >= 15 is 0 Å². The zero-order valence-electron chi connectivity index (χ0n) is 10.3. The molecular weight excluding hydrogens is 247 g/mol. The lowest BCUT2D eigenvalue weighted by atomic mass is 9.97. The summed E-state index contributed by atoms with van der Waals surface area (Å²) in [6.07, 6.45) is 1.81. The molecule has 0 saturated heterocycles. The maximum Gasteiger partial charge on any atom is 0.123 e. The van der Waals surface area contributed by atoms with Crippen molar-refractivity contribution >= 4 is 11.3 Å². The van der Waals surface area contributed by atoms with Crippen molar-refractivity contribution in [1.29, 1.82) is 0 Å². The lowest BCUT2D eigenvalue weighted by molar-refractivity contribution is 0.511. The fourth-order valence-electron chi connectivity index (χ4n) is 2.06. The number of aryl methyl sites for hydroxylation is 2. The van der Waals surface area contributed by atoms with E-state index in [9.17, 15) is 4.39 Å². The Hall–Kier alpha value is -1.23. The zero-order valence-corrected chi connectivity index (χ0v) is 11.1. The van der Waals surface area contributed by atoms with Crippen molar-refractivity contribution < 1.29 is 4.39 Å². The van der Waals surface area contributed by atoms with Gasteiger partial charge in [0.15, 0.2) is 0 Å². The zero-order chi connectivity index (χ0) is 13.0. The van der Waals surface area contributed by atoms with E-state index in [2.05, 4.69) is 16.9 Å². The van der Waals surface area contributed by atoms with Gasteiger partial charge in [-0.2, -0.15) is 0 Å². The third-order valence-electron chi connectivity index (χ3n) is 3.08. The standard InChI is InChI=1S/C14H17FN2S/c1-10-4-5-11(15)9-13(10)14(17-16)7-6-12-3-2-8-18-12/h2-5,8-9,14,17H,6-7,16H2,1H3. The molecule has 1 heterocycles. The van der Waals surface area contributed by atoms with Gasteiger partial charge >= 0.3 is 0 Å². The Morgan fingerprint density at radius 1 is 1.39 bits per heavy atom. The molecule has 0 bridgehead atoms. The number of hydrazine groups is 1. The fourth-order valence-corrected chi connectivity index (χ4v) is 2.78. The van der Waals surface area contributed by atoms with Crippen molar-refractivity contribution in [2.24, 2.45) is 5.84 Å². The van der Waals surface area contributed by atoms with E-state index in [1.165, 1.54) is 10.9 Å². The van der Waals surface area contributed by atoms with Crippen LogP contribution in [0.2, 0.25) is 0 Å². The Balaban J connectivity index is 2.10. The molecule has 0 aliphatic carbocycles. The van der Waals surface area contributed by atoms with Gasteiger partial charge in [-0.05, 0) is 54.5 Å². The second-order valence-electron chi connectivity index (χ2n) is 4.34. The minimum absolute atomic E-state index is 0.0113. The Morgan fingerprint density at radius 2 is 2.22 bits per heavy atom. The van der Waals surface area contributed by atoms with Crippen LogP contribution in [0.1, 0.15) is 28.5 Å². The van der Waals surface area contributed by atoms with E-state index in [0.29, 0.717) is 0 Å². The molecule has 18 heavy (non-hydrogen) atoms. The van der Waals surface area contributed by atoms with Crippen LogP contribution in [0.15, 0.2) is 35.7 Å². The first-order valence-corrected chi connectivity index (χ1v) is 6.83. The van der Waals surface area contributed by atoms with Gasteiger partial charge in [0.2, 0.25) is 0 Å². The lowest BCUT2D eigenvalue weighted by Gasteiger charge is -2.18. The Bertz CT molecular complexity index is 497. The number of nitrogens with two attached hydrogens (primary N) is 1. The number of nitrogens with one attached hydrogen (secondary N) is 1. The summed E-state index contributed by atoms with van der Waals surface area (Å²) in [6.45, 7) is 1.98. The summed E-state index contributed by atoms with van der Waals surface area (Å²) in [7, 11) is 0. The molecule has 0 spiro atoms. The molecule has 1 atom stereocenters. The van der Waals surface area contributed by atoms with Crippen LogP contribution in [0.5, 0.6) is 0 Å². The summed E-state index contributed by atoms with van der Waals surface area (Å²) < 4.78 is 13.3. The molecule has 1 aromatic carbocycles. The molecule has 0 aliphatic rings. The highest BCUT2D eigenvalue weighted by atomic mass is 32.1. The van der Waals surface area contributed by atoms with Crippen LogP contribution in [-0.4, -0.2) is 0 Å². The van der Waals surface area contributed by atoms with Crippen LogP contribution in [0.3, 0.4) is 0 Å². The molecule has 2 nitrogen and oxygen atoms in total. The number of hydrogen-bond acceptors (Lipinski definition) is 3. The monoisotopic (exact) mass is 264 g/mol. The molecule has 0 saturated carbocycles. The molecule has 2 rings (SSSR count). The molecule has 3 N–H and O–H groups in total. The summed E-state index contributed by atoms with van der Waals surface area (Å²) >= 11 is 1.74. The third-order valence-corrected chi connectivity index (χ3v) is 4.01. The molecule has 0 aliphatic heterocycles. The predicted octanol–water partition coefficient (Wildman–Crippen LogP) is 3.33. The van der Waals surface area contributed by atoms with Crippen LogP contribution in [0.25, 0.3) is 0 Å². The SMILES string of the molecule is Cc1ccc(F)cc1C(CCc1cccs1)NN. The molecule has 96 valence electrons. The van der Waals surface area contributed by atoms with Gasteiger partial charge in [0.1, 0.15) is 5.82 Å². The minimum atomic E-state index is -0.216. The Kier molecular flexibility index (Phi) is 4.47. The van der Waals surface area contributed by atoms with Crippen molar-refractivity contribution in [3.8, 4) is 0 Å². The molecule has 0 fully saturated rings. The van der Waals surface area contributed by atoms with E-state index in [-0.39, 0.29) is 11.9 Å². The van der Waals surface area contributed by atoms with Gasteiger partial charge in [0, 0.05) is 10.9 Å². The second kappa shape index (κ2) is 6.09. The van der Waals surface area contributed by atoms with Crippen molar-refractivity contribution in [3.63, 3.8) is 0 Å². The van der Waals surface area contributed by atoms with Crippen LogP contribution in [0.4, 0.5) is 4.39 Å². The third kappa shape index (κ3) is 3.16. The quantitative estimate of drug-likeness (QED) is 0.642. The van der Waals surface area contributed by atoms with Crippen molar-refractivity contribution in [3.05, 3.63) is 57.5 Å². The first kappa shape index (κ1) is 13.2. The molecule has 1 aromatic heterocycles. The van der Waals surface area contributed by atoms with Gasteiger partial charge in [-0.1, -0.05) is 12.1 Å². The van der Waals surface area contributed by atoms with E-state index in [0.717, 1.165) is 24.0 Å². The highest BCUT2D eigenvalue weighted by molar-refractivity contribution is 7.09. The summed E-state index contributed by atoms with van der Waals surface area (Å²) in [5.41, 5.74) is 4.79. The van der Waals surface area contributed by atoms with Gasteiger partial charge in [0.05, 0.1) is 0 Å². The van der Waals surface area contributed by atoms with E-state index in [1.807, 2.05) is 13.0 Å². The summed E-state index contributed by atoms with van der Waals surface area (Å²) in [6, 6.07) is 8.97. The predicted molar refractivity (Wildman–Crippen MR) is 73.8 cm³/mol. The van der Waals surface area contributed by atoms with Crippen molar-refractivity contribution in [2.75, 3.05) is 0 Å². The normalized spacial score (nSPS) is 12.6. The molecular formula is C14H17FN2S. The highest BCUT2D eigenvalue weighted by Gasteiger charge is 2.13. The highest BCUT2D eigenvalue weighted by Crippen LogP contribution is 2.23. The second-order valence-corrected chi connectivity index (χ2v) is 5.37. The first-order valence-electron chi connectivity index (χ1n) is 5.95. The van der Waals surface area contributed by atoms with Gasteiger partial charge in [-0.15, -0.1) is 11.3 Å². The molecule has 0 amide bonds. The van der Waals surface area contributed by atoms with Crippen LogP contribution < -0.4 is 11.3 Å². The number of rotatable bonds is 5. The van der Waals surface area contributed by atoms with E-state index < -0.39 is 0 Å². The average molecular weight is 264 g/mol. The molecule has 4 heteroatoms. The number of hydrogen-bond donors (Lipinski definition) is 2. The van der Waals surface area contributed by atoms with E-state index in [1.54, 1.807) is 23.5 Å². The number of benzene rings is 1. The minimum Gasteiger partial charge on any atom is -0.271 e. The van der Waals surface area contributed by atoms with Gasteiger partial charge < -0.3 is 0 Å². The van der Waals surface area contributed by atoms with Crippen LogP contribution >= 0.6 is 11.3 Å². The Morgan fingerprint density at radius 3 is 2.89 bits per heavy atom. The maximum absolute atomic E-state index is 13.3. The first-order chi connectivity index (χ1) is 8.70. The van der Waals surface area contributed by atoms with Gasteiger partial charge in [0.25, 0.3) is 0 Å². The van der Waals surface area contributed by atoms with Crippen molar-refractivity contribution in [1.82, 2.24) is 5.43 Å². The largest absolute Gasteiger partial charge is 0.271 e. The number of halogens is 1. The molecule has 1 unspecified atom stereocenters. The molecule has 2 aromatic rings. The topological polar surface area (TPSA) is 38.0 Å². The Labute approximate surface area is 111 Å². The fraction of sp³-hybridized carbons (Fsp3) is 0.286. The summed E-state index contributed by atoms with van der Waals surface area (Å²) in [5, 5.41) is 2.06. The van der Waals surface area contributed by atoms with E-state index in [4.69, 9.17) is 5.84 Å². The van der Waals surface area contributed by atoms with Crippen LogP contribution in [-0.2, 0) is 6.42 Å². The van der Waals surface area contributed by atoms with Gasteiger partial charge in [-0.3, -0.25) is 11.3 Å². The smallest absolute Gasteiger partial charge is 0.123 e. The maximum atomic E-state index is 13.3. The summed E-state index contributed by atoms with van der Waals surface area (Å²) in [5.74, 6) is 5.38. The lowest BCUT2D eigenvalue weighted by Crippen LogP contribution is -2.29.